The van der Waals surface area contributed by atoms with Crippen molar-refractivity contribution in [3.8, 4) is 23.0 Å². The molecule has 0 aliphatic heterocycles. The van der Waals surface area contributed by atoms with E-state index in [1.54, 1.807) is 28.4 Å². The summed E-state index contributed by atoms with van der Waals surface area (Å²) in [4.78, 5) is 0. The fraction of sp³-hybridized carbons (Fsp3) is 0.500. The Labute approximate surface area is 169 Å². The molecular weight excluding hydrogens is 352 g/mol. The molecule has 0 spiro atoms. The first kappa shape index (κ1) is 21.9. The van der Waals surface area contributed by atoms with Crippen molar-refractivity contribution in [2.45, 2.75) is 52.4 Å². The third-order valence-corrected chi connectivity index (χ3v) is 5.24. The van der Waals surface area contributed by atoms with Crippen molar-refractivity contribution < 1.29 is 18.9 Å². The fourth-order valence-electron chi connectivity index (χ4n) is 3.60. The minimum Gasteiger partial charge on any atom is -0.496 e. The molecular formula is C24H34O4. The molecule has 0 saturated heterocycles. The van der Waals surface area contributed by atoms with Gasteiger partial charge in [-0.3, -0.25) is 0 Å². The highest BCUT2D eigenvalue weighted by Crippen LogP contribution is 2.31. The lowest BCUT2D eigenvalue weighted by Crippen LogP contribution is -1.98. The van der Waals surface area contributed by atoms with Gasteiger partial charge in [-0.25, -0.2) is 0 Å². The van der Waals surface area contributed by atoms with Crippen molar-refractivity contribution in [2.75, 3.05) is 28.4 Å². The zero-order valence-electron chi connectivity index (χ0n) is 18.2. The molecule has 0 unspecified atom stereocenters. The standard InChI is InChI=1S/C24H34O4/c1-17-13-23(27-5)19(15-21(17)25-3)11-9-7-8-10-12-20-16-22(26-4)18(2)14-24(20)28-6/h13-16H,7-12H2,1-6H3. The minimum absolute atomic E-state index is 0.927. The van der Waals surface area contributed by atoms with Gasteiger partial charge in [0.05, 0.1) is 28.4 Å². The van der Waals surface area contributed by atoms with Crippen LogP contribution in [0, 0.1) is 13.8 Å². The third kappa shape index (κ3) is 5.57. The van der Waals surface area contributed by atoms with Crippen molar-refractivity contribution in [3.63, 3.8) is 0 Å². The third-order valence-electron chi connectivity index (χ3n) is 5.24. The molecule has 0 radical (unpaired) electrons. The lowest BCUT2D eigenvalue weighted by molar-refractivity contribution is 0.395. The van der Waals surface area contributed by atoms with Crippen molar-refractivity contribution >= 4 is 0 Å². The van der Waals surface area contributed by atoms with Gasteiger partial charge in [0.15, 0.2) is 0 Å². The summed E-state index contributed by atoms with van der Waals surface area (Å²) >= 11 is 0. The molecule has 0 amide bonds. The quantitative estimate of drug-likeness (QED) is 0.465. The summed E-state index contributed by atoms with van der Waals surface area (Å²) in [5.74, 6) is 3.76. The Hall–Kier alpha value is -2.36. The molecule has 0 aliphatic carbocycles. The van der Waals surface area contributed by atoms with E-state index in [2.05, 4.69) is 24.3 Å². The van der Waals surface area contributed by atoms with Crippen LogP contribution < -0.4 is 18.9 Å². The van der Waals surface area contributed by atoms with Crippen molar-refractivity contribution in [2.24, 2.45) is 0 Å². The van der Waals surface area contributed by atoms with Gasteiger partial charge in [0.25, 0.3) is 0 Å². The first-order valence-electron chi connectivity index (χ1n) is 9.97. The summed E-state index contributed by atoms with van der Waals surface area (Å²) in [5, 5.41) is 0. The summed E-state index contributed by atoms with van der Waals surface area (Å²) in [5.41, 5.74) is 4.64. The van der Waals surface area contributed by atoms with Gasteiger partial charge < -0.3 is 18.9 Å². The van der Waals surface area contributed by atoms with Crippen LogP contribution in [0.15, 0.2) is 24.3 Å². The lowest BCUT2D eigenvalue weighted by atomic mass is 10.0. The molecule has 2 rings (SSSR count). The maximum Gasteiger partial charge on any atom is 0.122 e. The Kier molecular flexibility index (Phi) is 8.49. The highest BCUT2D eigenvalue weighted by molar-refractivity contribution is 5.46. The Morgan fingerprint density at radius 1 is 0.500 bits per heavy atom. The van der Waals surface area contributed by atoms with E-state index in [-0.39, 0.29) is 0 Å². The van der Waals surface area contributed by atoms with Crippen LogP contribution in [-0.4, -0.2) is 28.4 Å². The van der Waals surface area contributed by atoms with Gasteiger partial charge in [0.2, 0.25) is 0 Å². The van der Waals surface area contributed by atoms with E-state index in [1.807, 2.05) is 13.8 Å². The van der Waals surface area contributed by atoms with Crippen LogP contribution in [0.4, 0.5) is 0 Å². The summed E-state index contributed by atoms with van der Waals surface area (Å²) in [6.07, 6.45) is 6.64. The number of aryl methyl sites for hydroxylation is 4. The molecule has 0 heterocycles. The number of rotatable bonds is 11. The maximum atomic E-state index is 5.54. The SMILES string of the molecule is COc1cc(CCCCCCc2cc(OC)c(C)cc2OC)c(OC)cc1C. The Morgan fingerprint density at radius 3 is 1.18 bits per heavy atom. The molecule has 4 nitrogen and oxygen atoms in total. The molecule has 0 atom stereocenters. The number of hydrogen-bond donors (Lipinski definition) is 0. The van der Waals surface area contributed by atoms with Crippen LogP contribution in [0.2, 0.25) is 0 Å². The van der Waals surface area contributed by atoms with E-state index in [0.717, 1.165) is 59.8 Å². The second kappa shape index (κ2) is 10.8. The molecule has 0 bridgehead atoms. The van der Waals surface area contributed by atoms with Crippen LogP contribution in [0.25, 0.3) is 0 Å². The molecule has 154 valence electrons. The maximum absolute atomic E-state index is 5.54. The zero-order chi connectivity index (χ0) is 20.5. The first-order valence-corrected chi connectivity index (χ1v) is 9.97. The predicted octanol–water partition coefficient (Wildman–Crippen LogP) is 5.68. The van der Waals surface area contributed by atoms with Crippen molar-refractivity contribution in [1.82, 2.24) is 0 Å². The number of methoxy groups -OCH3 is 4. The van der Waals surface area contributed by atoms with Crippen LogP contribution in [0.5, 0.6) is 23.0 Å². The van der Waals surface area contributed by atoms with E-state index in [1.165, 1.54) is 24.0 Å². The Bertz CT molecular complexity index is 702. The number of benzene rings is 2. The van der Waals surface area contributed by atoms with Gasteiger partial charge in [-0.05, 0) is 86.1 Å². The van der Waals surface area contributed by atoms with Gasteiger partial charge in [-0.1, -0.05) is 12.8 Å². The minimum atomic E-state index is 0.927. The summed E-state index contributed by atoms with van der Waals surface area (Å²) in [6, 6.07) is 8.34. The molecule has 0 aliphatic rings. The van der Waals surface area contributed by atoms with Gasteiger partial charge >= 0.3 is 0 Å². The average molecular weight is 387 g/mol. The van der Waals surface area contributed by atoms with Crippen molar-refractivity contribution in [1.29, 1.82) is 0 Å². The first-order chi connectivity index (χ1) is 13.5. The molecule has 2 aromatic rings. The second-order valence-electron chi connectivity index (χ2n) is 7.18. The smallest absolute Gasteiger partial charge is 0.122 e. The van der Waals surface area contributed by atoms with Crippen LogP contribution in [0.3, 0.4) is 0 Å². The van der Waals surface area contributed by atoms with Crippen LogP contribution >= 0.6 is 0 Å². The predicted molar refractivity (Wildman–Crippen MR) is 114 cm³/mol. The zero-order valence-corrected chi connectivity index (χ0v) is 18.2. The molecule has 0 saturated carbocycles. The monoisotopic (exact) mass is 386 g/mol. The topological polar surface area (TPSA) is 36.9 Å². The highest BCUT2D eigenvalue weighted by atomic mass is 16.5. The normalized spacial score (nSPS) is 10.6. The van der Waals surface area contributed by atoms with Crippen LogP contribution in [-0.2, 0) is 12.8 Å². The van der Waals surface area contributed by atoms with E-state index in [0.29, 0.717) is 0 Å². The molecule has 4 heteroatoms. The van der Waals surface area contributed by atoms with Gasteiger partial charge in [-0.15, -0.1) is 0 Å². The van der Waals surface area contributed by atoms with Crippen LogP contribution in [0.1, 0.15) is 47.9 Å². The molecule has 0 aromatic heterocycles. The van der Waals surface area contributed by atoms with Gasteiger partial charge in [0.1, 0.15) is 23.0 Å². The number of unbranched alkanes of at least 4 members (excludes halogenated alkanes) is 3. The molecule has 2 aromatic carbocycles. The van der Waals surface area contributed by atoms with Gasteiger partial charge in [-0.2, -0.15) is 0 Å². The van der Waals surface area contributed by atoms with E-state index < -0.39 is 0 Å². The Morgan fingerprint density at radius 2 is 0.857 bits per heavy atom. The van der Waals surface area contributed by atoms with Crippen molar-refractivity contribution in [3.05, 3.63) is 46.5 Å². The van der Waals surface area contributed by atoms with Gasteiger partial charge in [0, 0.05) is 0 Å². The largest absolute Gasteiger partial charge is 0.496 e. The summed E-state index contributed by atoms with van der Waals surface area (Å²) in [6.45, 7) is 4.08. The van der Waals surface area contributed by atoms with E-state index in [4.69, 9.17) is 18.9 Å². The molecule has 0 fully saturated rings. The highest BCUT2D eigenvalue weighted by Gasteiger charge is 2.10. The molecule has 0 N–H and O–H groups in total. The Balaban J connectivity index is 1.84. The summed E-state index contributed by atoms with van der Waals surface area (Å²) < 4.78 is 22.0. The molecule has 28 heavy (non-hydrogen) atoms. The van der Waals surface area contributed by atoms with E-state index >= 15 is 0 Å². The fourth-order valence-corrected chi connectivity index (χ4v) is 3.60. The number of ether oxygens (including phenoxy) is 4. The van der Waals surface area contributed by atoms with E-state index in [9.17, 15) is 0 Å². The lowest BCUT2D eigenvalue weighted by Gasteiger charge is -2.14. The summed E-state index contributed by atoms with van der Waals surface area (Å²) in [7, 11) is 6.89. The number of hydrogen-bond acceptors (Lipinski definition) is 4. The second-order valence-corrected chi connectivity index (χ2v) is 7.18. The average Bonchev–Trinajstić information content (AvgIpc) is 2.71.